The van der Waals surface area contributed by atoms with Gasteiger partial charge >= 0.3 is 5.97 Å². The summed E-state index contributed by atoms with van der Waals surface area (Å²) in [4.78, 5) is 26.1. The van der Waals surface area contributed by atoms with Gasteiger partial charge in [0.05, 0.1) is 11.4 Å². The SMILES string of the molecule is Cc1ccc(C)c(-n2nnnc2SCC(=O)OCC(=O)N2CCCC[C@@H]2C)c1. The summed E-state index contributed by atoms with van der Waals surface area (Å²) in [5, 5.41) is 12.2. The number of benzene rings is 1. The van der Waals surface area contributed by atoms with Crippen LogP contribution in [0.5, 0.6) is 0 Å². The second-order valence-corrected chi connectivity index (χ2v) is 7.99. The van der Waals surface area contributed by atoms with Gasteiger partial charge in [0.15, 0.2) is 6.61 Å². The molecule has 28 heavy (non-hydrogen) atoms. The van der Waals surface area contributed by atoms with Gasteiger partial charge in [0.2, 0.25) is 5.16 Å². The predicted molar refractivity (Wildman–Crippen MR) is 105 cm³/mol. The summed E-state index contributed by atoms with van der Waals surface area (Å²) in [6.45, 7) is 6.52. The Kier molecular flexibility index (Phi) is 6.66. The molecule has 1 aliphatic heterocycles. The van der Waals surface area contributed by atoms with Crippen LogP contribution >= 0.6 is 11.8 Å². The van der Waals surface area contributed by atoms with E-state index < -0.39 is 5.97 Å². The van der Waals surface area contributed by atoms with Gasteiger partial charge < -0.3 is 9.64 Å². The van der Waals surface area contributed by atoms with Gasteiger partial charge in [-0.3, -0.25) is 9.59 Å². The van der Waals surface area contributed by atoms with Crippen molar-refractivity contribution in [3.8, 4) is 5.69 Å². The van der Waals surface area contributed by atoms with Crippen LogP contribution in [0, 0.1) is 13.8 Å². The molecule has 1 aromatic carbocycles. The van der Waals surface area contributed by atoms with Crippen LogP contribution in [-0.2, 0) is 14.3 Å². The second kappa shape index (κ2) is 9.18. The number of likely N-dealkylation sites (tertiary alicyclic amines) is 1. The molecule has 0 aliphatic carbocycles. The first-order chi connectivity index (χ1) is 13.5. The van der Waals surface area contributed by atoms with Crippen molar-refractivity contribution in [3.63, 3.8) is 0 Å². The third-order valence-corrected chi connectivity index (χ3v) is 5.73. The van der Waals surface area contributed by atoms with Crippen LogP contribution in [-0.4, -0.2) is 61.9 Å². The fourth-order valence-electron chi connectivity index (χ4n) is 3.23. The van der Waals surface area contributed by atoms with Crippen molar-refractivity contribution < 1.29 is 14.3 Å². The van der Waals surface area contributed by atoms with Crippen molar-refractivity contribution in [1.29, 1.82) is 0 Å². The molecule has 2 heterocycles. The molecule has 1 fully saturated rings. The molecular formula is C19H25N5O3S. The highest BCUT2D eigenvalue weighted by Crippen LogP contribution is 2.22. The van der Waals surface area contributed by atoms with Crippen molar-refractivity contribution in [3.05, 3.63) is 29.3 Å². The molecule has 1 atom stereocenters. The van der Waals surface area contributed by atoms with E-state index in [9.17, 15) is 9.59 Å². The van der Waals surface area contributed by atoms with Gasteiger partial charge in [-0.25, -0.2) is 0 Å². The quantitative estimate of drug-likeness (QED) is 0.540. The Morgan fingerprint density at radius 1 is 1.29 bits per heavy atom. The van der Waals surface area contributed by atoms with E-state index in [2.05, 4.69) is 15.5 Å². The minimum absolute atomic E-state index is 0.0358. The summed E-state index contributed by atoms with van der Waals surface area (Å²) in [6.07, 6.45) is 3.13. The zero-order valence-corrected chi connectivity index (χ0v) is 17.2. The van der Waals surface area contributed by atoms with Gasteiger partial charge in [-0.2, -0.15) is 4.68 Å². The molecule has 0 radical (unpaired) electrons. The van der Waals surface area contributed by atoms with E-state index in [4.69, 9.17) is 4.74 Å². The Bertz CT molecular complexity index is 854. The number of hydrogen-bond acceptors (Lipinski definition) is 7. The van der Waals surface area contributed by atoms with Crippen LogP contribution in [0.2, 0.25) is 0 Å². The molecule has 1 aliphatic rings. The van der Waals surface area contributed by atoms with Crippen LogP contribution in [0.3, 0.4) is 0 Å². The number of rotatable bonds is 6. The average Bonchev–Trinajstić information content (AvgIpc) is 3.15. The molecule has 3 rings (SSSR count). The number of piperidine rings is 1. The lowest BCUT2D eigenvalue weighted by Gasteiger charge is -2.33. The number of aromatic nitrogens is 4. The molecule has 8 nitrogen and oxygen atoms in total. The Hall–Kier alpha value is -2.42. The fraction of sp³-hybridized carbons (Fsp3) is 0.526. The van der Waals surface area contributed by atoms with Gasteiger partial charge in [-0.15, -0.1) is 5.10 Å². The topological polar surface area (TPSA) is 90.2 Å². The molecule has 0 saturated carbocycles. The number of ether oxygens (including phenoxy) is 1. The largest absolute Gasteiger partial charge is 0.455 e. The number of tetrazole rings is 1. The third kappa shape index (κ3) is 4.89. The lowest BCUT2D eigenvalue weighted by molar-refractivity contribution is -0.151. The molecule has 0 spiro atoms. The molecule has 0 N–H and O–H groups in total. The van der Waals surface area contributed by atoms with Crippen molar-refractivity contribution in [1.82, 2.24) is 25.1 Å². The van der Waals surface area contributed by atoms with Gasteiger partial charge in [0, 0.05) is 12.6 Å². The maximum absolute atomic E-state index is 12.3. The lowest BCUT2D eigenvalue weighted by atomic mass is 10.0. The Labute approximate surface area is 168 Å². The summed E-state index contributed by atoms with van der Waals surface area (Å²) >= 11 is 1.19. The van der Waals surface area contributed by atoms with Crippen LogP contribution in [0.1, 0.15) is 37.3 Å². The zero-order chi connectivity index (χ0) is 20.1. The average molecular weight is 404 g/mol. The fourth-order valence-corrected chi connectivity index (χ4v) is 3.91. The monoisotopic (exact) mass is 403 g/mol. The highest BCUT2D eigenvalue weighted by atomic mass is 32.2. The van der Waals surface area contributed by atoms with E-state index in [0.717, 1.165) is 42.6 Å². The number of nitrogens with zero attached hydrogens (tertiary/aromatic N) is 5. The normalized spacial score (nSPS) is 16.8. The highest BCUT2D eigenvalue weighted by molar-refractivity contribution is 7.99. The van der Waals surface area contributed by atoms with E-state index in [0.29, 0.717) is 5.16 Å². The van der Waals surface area contributed by atoms with Gasteiger partial charge in [-0.1, -0.05) is 23.9 Å². The Morgan fingerprint density at radius 2 is 2.11 bits per heavy atom. The molecule has 1 amide bonds. The summed E-state index contributed by atoms with van der Waals surface area (Å²) in [6, 6.07) is 6.22. The maximum atomic E-state index is 12.3. The standard InChI is InChI=1S/C19H25N5O3S/c1-13-7-8-14(2)16(10-13)24-19(20-21-22-24)28-12-18(26)27-11-17(25)23-9-5-4-6-15(23)3/h7-8,10,15H,4-6,9,11-12H2,1-3H3/t15-/m0/s1. The minimum Gasteiger partial charge on any atom is -0.455 e. The summed E-state index contributed by atoms with van der Waals surface area (Å²) in [5.74, 6) is -0.557. The number of amides is 1. The molecule has 0 unspecified atom stereocenters. The van der Waals surface area contributed by atoms with Crippen molar-refractivity contribution in [2.75, 3.05) is 18.9 Å². The van der Waals surface area contributed by atoms with Crippen LogP contribution < -0.4 is 0 Å². The molecule has 2 aromatic rings. The van der Waals surface area contributed by atoms with Gasteiger partial charge in [0.25, 0.3) is 5.91 Å². The summed E-state index contributed by atoms with van der Waals surface area (Å²) < 4.78 is 6.78. The molecule has 9 heteroatoms. The molecule has 150 valence electrons. The number of hydrogen-bond donors (Lipinski definition) is 0. The lowest BCUT2D eigenvalue weighted by Crippen LogP contribution is -2.44. The summed E-state index contributed by atoms with van der Waals surface area (Å²) in [7, 11) is 0. The van der Waals surface area contributed by atoms with Gasteiger partial charge in [0.1, 0.15) is 0 Å². The number of carbonyl (C=O) groups excluding carboxylic acids is 2. The Morgan fingerprint density at radius 3 is 2.89 bits per heavy atom. The van der Waals surface area contributed by atoms with Crippen molar-refractivity contribution in [2.45, 2.75) is 51.2 Å². The van der Waals surface area contributed by atoms with E-state index in [-0.39, 0.29) is 24.3 Å². The minimum atomic E-state index is -0.460. The third-order valence-electron chi connectivity index (χ3n) is 4.83. The number of aryl methyl sites for hydroxylation is 2. The highest BCUT2D eigenvalue weighted by Gasteiger charge is 2.24. The molecule has 1 aromatic heterocycles. The first-order valence-electron chi connectivity index (χ1n) is 9.39. The van der Waals surface area contributed by atoms with Crippen LogP contribution in [0.4, 0.5) is 0 Å². The molecular weight excluding hydrogens is 378 g/mol. The number of esters is 1. The van der Waals surface area contributed by atoms with Crippen LogP contribution in [0.15, 0.2) is 23.4 Å². The van der Waals surface area contributed by atoms with E-state index >= 15 is 0 Å². The van der Waals surface area contributed by atoms with E-state index in [1.54, 1.807) is 9.58 Å². The Balaban J connectivity index is 1.54. The second-order valence-electron chi connectivity index (χ2n) is 7.04. The zero-order valence-electron chi connectivity index (χ0n) is 16.4. The van der Waals surface area contributed by atoms with E-state index in [1.165, 1.54) is 11.8 Å². The smallest absolute Gasteiger partial charge is 0.316 e. The van der Waals surface area contributed by atoms with Crippen molar-refractivity contribution >= 4 is 23.6 Å². The van der Waals surface area contributed by atoms with Crippen molar-refractivity contribution in [2.24, 2.45) is 0 Å². The molecule has 0 bridgehead atoms. The maximum Gasteiger partial charge on any atom is 0.316 e. The first kappa shape index (κ1) is 20.3. The van der Waals surface area contributed by atoms with Gasteiger partial charge in [-0.05, 0) is 67.7 Å². The first-order valence-corrected chi connectivity index (χ1v) is 10.4. The number of thioether (sulfide) groups is 1. The summed E-state index contributed by atoms with van der Waals surface area (Å²) in [5.41, 5.74) is 3.00. The van der Waals surface area contributed by atoms with E-state index in [1.807, 2.05) is 39.0 Å². The van der Waals surface area contributed by atoms with Crippen LogP contribution in [0.25, 0.3) is 5.69 Å². The molecule has 1 saturated heterocycles. The predicted octanol–water partition coefficient (Wildman–Crippen LogP) is 2.32. The number of carbonyl (C=O) groups is 2.